The van der Waals surface area contributed by atoms with Crippen LogP contribution in [0.15, 0.2) is 27.5 Å². The third-order valence-corrected chi connectivity index (χ3v) is 3.82. The zero-order valence-corrected chi connectivity index (χ0v) is 14.6. The predicted molar refractivity (Wildman–Crippen MR) is 89.6 cm³/mol. The van der Waals surface area contributed by atoms with Crippen molar-refractivity contribution in [2.24, 2.45) is 4.99 Å². The molecule has 0 atom stereocenters. The van der Waals surface area contributed by atoms with Gasteiger partial charge in [0.05, 0.1) is 5.54 Å². The molecule has 5 heteroatoms. The van der Waals surface area contributed by atoms with Gasteiger partial charge in [0, 0.05) is 16.7 Å². The summed E-state index contributed by atoms with van der Waals surface area (Å²) < 4.78 is 13.0. The van der Waals surface area contributed by atoms with Crippen LogP contribution in [0.25, 0.3) is 0 Å². The summed E-state index contributed by atoms with van der Waals surface area (Å²) in [6.45, 7) is 14.0. The topological polar surface area (TPSA) is 53.5 Å². The molecule has 1 aliphatic rings. The van der Waals surface area contributed by atoms with Crippen LogP contribution < -0.4 is 10.6 Å². The van der Waals surface area contributed by atoms with E-state index in [4.69, 9.17) is 0 Å². The molecule has 1 amide bonds. The largest absolute Gasteiger partial charge is 0.365 e. The fourth-order valence-electron chi connectivity index (χ4n) is 2.14. The summed E-state index contributed by atoms with van der Waals surface area (Å²) in [6, 6.07) is 0. The minimum atomic E-state index is -0.893. The van der Waals surface area contributed by atoms with Gasteiger partial charge < -0.3 is 10.6 Å². The van der Waals surface area contributed by atoms with Crippen LogP contribution in [-0.2, 0) is 4.79 Å². The van der Waals surface area contributed by atoms with Crippen molar-refractivity contribution in [3.05, 3.63) is 22.5 Å². The molecule has 0 spiro atoms. The molecule has 1 saturated carbocycles. The van der Waals surface area contributed by atoms with Crippen molar-refractivity contribution < 1.29 is 9.18 Å². The number of nitrogens with one attached hydrogen (secondary N) is 2. The van der Waals surface area contributed by atoms with Gasteiger partial charge in [-0.3, -0.25) is 4.79 Å². The van der Waals surface area contributed by atoms with E-state index in [-0.39, 0.29) is 11.4 Å². The number of aliphatic imine (C=N–C) groups is 1. The van der Waals surface area contributed by atoms with E-state index in [9.17, 15) is 9.18 Å². The molecule has 0 bridgehead atoms. The van der Waals surface area contributed by atoms with E-state index in [0.29, 0.717) is 11.4 Å². The molecule has 0 aromatic heterocycles. The fourth-order valence-corrected chi connectivity index (χ4v) is 2.14. The second-order valence-corrected chi connectivity index (χ2v) is 7.16. The van der Waals surface area contributed by atoms with Crippen LogP contribution in [0.4, 0.5) is 4.39 Å². The summed E-state index contributed by atoms with van der Waals surface area (Å²) in [5, 5.41) is 6.08. The number of carbonyl (C=O) groups is 1. The lowest BCUT2D eigenvalue weighted by molar-refractivity contribution is -0.119. The summed E-state index contributed by atoms with van der Waals surface area (Å²) in [5.41, 5.74) is 1.26. The number of nitrogens with zero attached hydrogens (tertiary/aromatic N) is 1. The van der Waals surface area contributed by atoms with Gasteiger partial charge in [-0.25, -0.2) is 9.38 Å². The average molecular weight is 309 g/mol. The number of hydrogen-bond donors (Lipinski definition) is 2. The Balaban J connectivity index is 3.11. The van der Waals surface area contributed by atoms with Crippen molar-refractivity contribution >= 4 is 12.6 Å². The van der Waals surface area contributed by atoms with Gasteiger partial charge in [0.15, 0.2) is 0 Å². The van der Waals surface area contributed by atoms with E-state index in [1.807, 2.05) is 20.8 Å². The van der Waals surface area contributed by atoms with Gasteiger partial charge in [-0.1, -0.05) is 5.57 Å². The maximum absolute atomic E-state index is 13.0. The second-order valence-electron chi connectivity index (χ2n) is 7.16. The van der Waals surface area contributed by atoms with Crippen LogP contribution in [0.5, 0.6) is 0 Å². The molecule has 22 heavy (non-hydrogen) atoms. The average Bonchev–Trinajstić information content (AvgIpc) is 3.13. The molecule has 0 radical (unpaired) electrons. The summed E-state index contributed by atoms with van der Waals surface area (Å²) in [7, 11) is 0. The van der Waals surface area contributed by atoms with Crippen molar-refractivity contribution in [2.75, 3.05) is 6.67 Å². The van der Waals surface area contributed by atoms with Crippen molar-refractivity contribution in [1.82, 2.24) is 10.6 Å². The Morgan fingerprint density at radius 2 is 1.86 bits per heavy atom. The zero-order chi connectivity index (χ0) is 17.1. The third kappa shape index (κ3) is 4.68. The van der Waals surface area contributed by atoms with Crippen LogP contribution >= 0.6 is 0 Å². The van der Waals surface area contributed by atoms with Gasteiger partial charge in [0.25, 0.3) is 5.91 Å². The van der Waals surface area contributed by atoms with Crippen LogP contribution in [0.3, 0.4) is 0 Å². The molecule has 0 aromatic carbocycles. The lowest BCUT2D eigenvalue weighted by Crippen LogP contribution is -2.46. The van der Waals surface area contributed by atoms with Gasteiger partial charge >= 0.3 is 0 Å². The number of amides is 1. The lowest BCUT2D eigenvalue weighted by Gasteiger charge is -2.25. The normalized spacial score (nSPS) is 17.2. The van der Waals surface area contributed by atoms with Crippen molar-refractivity contribution in [1.29, 1.82) is 0 Å². The molecule has 0 unspecified atom stereocenters. The third-order valence-electron chi connectivity index (χ3n) is 3.82. The van der Waals surface area contributed by atoms with E-state index < -0.39 is 12.2 Å². The molecule has 1 rings (SSSR count). The number of alkyl halides is 1. The maximum Gasteiger partial charge on any atom is 0.252 e. The number of carbonyl (C=O) groups excluding carboxylic acids is 1. The molecule has 1 fully saturated rings. The first-order valence-electron chi connectivity index (χ1n) is 7.57. The van der Waals surface area contributed by atoms with Crippen LogP contribution in [0.1, 0.15) is 54.4 Å². The molecule has 124 valence electrons. The van der Waals surface area contributed by atoms with Gasteiger partial charge in [-0.2, -0.15) is 0 Å². The molecule has 1 aliphatic carbocycles. The quantitative estimate of drug-likeness (QED) is 0.431. The highest BCUT2D eigenvalue weighted by atomic mass is 19.1. The first-order valence-corrected chi connectivity index (χ1v) is 7.57. The molecule has 0 aliphatic heterocycles. The summed E-state index contributed by atoms with van der Waals surface area (Å²) in [6.07, 6.45) is 2.15. The Bertz CT molecular complexity index is 524. The monoisotopic (exact) mass is 309 g/mol. The number of rotatable bonds is 7. The van der Waals surface area contributed by atoms with Gasteiger partial charge in [-0.15, -0.1) is 0 Å². The van der Waals surface area contributed by atoms with Gasteiger partial charge in [0.2, 0.25) is 0 Å². The van der Waals surface area contributed by atoms with E-state index in [2.05, 4.69) is 29.3 Å². The second kappa shape index (κ2) is 6.63. The van der Waals surface area contributed by atoms with Crippen molar-refractivity contribution in [3.8, 4) is 0 Å². The number of allylic oxidation sites excluding steroid dienone is 1. The SMILES string of the molecule is C=N/C(NC1(C)CC1)=C(\C)C(C(=O)NC(C)(C)CF)=C(C)C. The molecular weight excluding hydrogens is 281 g/mol. The number of halogens is 1. The highest BCUT2D eigenvalue weighted by Gasteiger charge is 2.38. The standard InChI is InChI=1S/C17H28FN3O/c1-11(2)13(15(22)21-16(4,5)10-18)12(3)14(19-7)20-17(6)8-9-17/h20H,7-10H2,1-6H3,(H,21,22)/b14-12-. The smallest absolute Gasteiger partial charge is 0.252 e. The molecule has 0 aromatic rings. The van der Waals surface area contributed by atoms with Crippen LogP contribution in [0.2, 0.25) is 0 Å². The van der Waals surface area contributed by atoms with Crippen LogP contribution in [0, 0.1) is 0 Å². The first-order chi connectivity index (χ1) is 10.0. The summed E-state index contributed by atoms with van der Waals surface area (Å²) >= 11 is 0. The first kappa shape index (κ1) is 18.4. The van der Waals surface area contributed by atoms with Gasteiger partial charge in [-0.05, 0) is 61.1 Å². The maximum atomic E-state index is 13.0. The Hall–Kier alpha value is -1.65. The van der Waals surface area contributed by atoms with Crippen LogP contribution in [-0.4, -0.2) is 30.4 Å². The van der Waals surface area contributed by atoms with E-state index >= 15 is 0 Å². The zero-order valence-electron chi connectivity index (χ0n) is 14.6. The Morgan fingerprint density at radius 3 is 2.23 bits per heavy atom. The van der Waals surface area contributed by atoms with Gasteiger partial charge in [0.1, 0.15) is 12.5 Å². The van der Waals surface area contributed by atoms with Crippen molar-refractivity contribution in [3.63, 3.8) is 0 Å². The lowest BCUT2D eigenvalue weighted by atomic mass is 9.99. The molecule has 2 N–H and O–H groups in total. The summed E-state index contributed by atoms with van der Waals surface area (Å²) in [4.78, 5) is 16.6. The minimum Gasteiger partial charge on any atom is -0.365 e. The molecule has 0 heterocycles. The van der Waals surface area contributed by atoms with Crippen molar-refractivity contribution in [2.45, 2.75) is 65.5 Å². The van der Waals surface area contributed by atoms with E-state index in [0.717, 1.165) is 24.0 Å². The molecule has 0 saturated heterocycles. The highest BCUT2D eigenvalue weighted by Crippen LogP contribution is 2.36. The summed E-state index contributed by atoms with van der Waals surface area (Å²) in [5.74, 6) is 0.327. The Kier molecular flexibility index (Phi) is 5.54. The predicted octanol–water partition coefficient (Wildman–Crippen LogP) is 3.26. The Morgan fingerprint density at radius 1 is 1.32 bits per heavy atom. The van der Waals surface area contributed by atoms with E-state index in [1.54, 1.807) is 13.8 Å². The molecule has 4 nitrogen and oxygen atoms in total. The number of hydrogen-bond acceptors (Lipinski definition) is 3. The van der Waals surface area contributed by atoms with E-state index in [1.165, 1.54) is 0 Å². The fraction of sp³-hybridized carbons (Fsp3) is 0.647. The highest BCUT2D eigenvalue weighted by molar-refractivity contribution is 5.99. The minimum absolute atomic E-state index is 0.0409. The molecular formula is C17H28FN3O. The Labute approximate surface area is 133 Å².